The van der Waals surface area contributed by atoms with Crippen LogP contribution in [0.3, 0.4) is 0 Å². The van der Waals surface area contributed by atoms with E-state index in [4.69, 9.17) is 0 Å². The summed E-state index contributed by atoms with van der Waals surface area (Å²) in [5.41, 5.74) is 0. The monoisotopic (exact) mass is 250 g/mol. The quantitative estimate of drug-likeness (QED) is 0.805. The van der Waals surface area contributed by atoms with Gasteiger partial charge in [-0.15, -0.1) is 0 Å². The Morgan fingerprint density at radius 3 is 2.18 bits per heavy atom. The van der Waals surface area contributed by atoms with E-state index in [9.17, 15) is 18.3 Å². The predicted octanol–water partition coefficient (Wildman–Crippen LogP) is 3.91. The standard InChI is InChI=1S/C13H21F3O/c14-13(15,16)11-7-2-1-6-10(11)12(17)8-9-4-3-5-9/h9-12,17H,1-8H2. The Bertz CT molecular complexity index is 248. The number of aliphatic hydroxyl groups is 1. The van der Waals surface area contributed by atoms with E-state index in [1.165, 1.54) is 6.42 Å². The van der Waals surface area contributed by atoms with Crippen molar-refractivity contribution in [3.05, 3.63) is 0 Å². The fraction of sp³-hybridized carbons (Fsp3) is 1.00. The lowest BCUT2D eigenvalue weighted by Gasteiger charge is -2.38. The number of rotatable bonds is 3. The first-order valence-corrected chi connectivity index (χ1v) is 6.73. The van der Waals surface area contributed by atoms with Crippen molar-refractivity contribution in [2.45, 2.75) is 63.6 Å². The van der Waals surface area contributed by atoms with Crippen LogP contribution in [0.2, 0.25) is 0 Å². The van der Waals surface area contributed by atoms with Crippen molar-refractivity contribution in [3.8, 4) is 0 Å². The SMILES string of the molecule is OC(CC1CCC1)C1CCCCC1C(F)(F)F. The molecular formula is C13H21F3O. The molecular weight excluding hydrogens is 229 g/mol. The topological polar surface area (TPSA) is 20.2 Å². The van der Waals surface area contributed by atoms with Crippen LogP contribution in [0, 0.1) is 17.8 Å². The highest BCUT2D eigenvalue weighted by molar-refractivity contribution is 4.87. The largest absolute Gasteiger partial charge is 0.393 e. The summed E-state index contributed by atoms with van der Waals surface area (Å²) in [6.45, 7) is 0. The molecule has 2 rings (SSSR count). The van der Waals surface area contributed by atoms with Gasteiger partial charge in [-0.1, -0.05) is 32.1 Å². The van der Waals surface area contributed by atoms with Crippen molar-refractivity contribution >= 4 is 0 Å². The minimum Gasteiger partial charge on any atom is -0.393 e. The summed E-state index contributed by atoms with van der Waals surface area (Å²) in [5.74, 6) is -1.35. The van der Waals surface area contributed by atoms with E-state index in [-0.39, 0.29) is 6.42 Å². The van der Waals surface area contributed by atoms with Gasteiger partial charge in [0.15, 0.2) is 0 Å². The molecule has 0 heterocycles. The highest BCUT2D eigenvalue weighted by Gasteiger charge is 2.47. The molecule has 0 aromatic heterocycles. The first kappa shape index (κ1) is 13.2. The zero-order chi connectivity index (χ0) is 12.5. The zero-order valence-electron chi connectivity index (χ0n) is 10.0. The summed E-state index contributed by atoms with van der Waals surface area (Å²) in [6.07, 6.45) is 1.27. The summed E-state index contributed by atoms with van der Waals surface area (Å²) >= 11 is 0. The van der Waals surface area contributed by atoms with Gasteiger partial charge in [-0.2, -0.15) is 13.2 Å². The van der Waals surface area contributed by atoms with Crippen LogP contribution in [0.4, 0.5) is 13.2 Å². The minimum atomic E-state index is -4.13. The van der Waals surface area contributed by atoms with Gasteiger partial charge >= 0.3 is 6.18 Å². The number of hydrogen-bond acceptors (Lipinski definition) is 1. The van der Waals surface area contributed by atoms with Gasteiger partial charge in [0.05, 0.1) is 12.0 Å². The summed E-state index contributed by atoms with van der Waals surface area (Å²) < 4.78 is 38.6. The van der Waals surface area contributed by atoms with E-state index in [0.29, 0.717) is 25.2 Å². The summed E-state index contributed by atoms with van der Waals surface area (Å²) in [7, 11) is 0. The third-order valence-corrected chi connectivity index (χ3v) is 4.53. The molecule has 1 nitrogen and oxygen atoms in total. The van der Waals surface area contributed by atoms with E-state index >= 15 is 0 Å². The maximum Gasteiger partial charge on any atom is 0.392 e. The highest BCUT2D eigenvalue weighted by Crippen LogP contribution is 2.44. The molecule has 0 aromatic carbocycles. The second-order valence-electron chi connectivity index (χ2n) is 5.70. The molecule has 100 valence electrons. The Kier molecular flexibility index (Phi) is 4.01. The molecule has 0 saturated heterocycles. The van der Waals surface area contributed by atoms with E-state index < -0.39 is 24.1 Å². The molecule has 2 saturated carbocycles. The van der Waals surface area contributed by atoms with Crippen molar-refractivity contribution in [2.24, 2.45) is 17.8 Å². The third kappa shape index (κ3) is 3.15. The molecule has 3 unspecified atom stereocenters. The molecule has 17 heavy (non-hydrogen) atoms. The number of halogens is 3. The lowest BCUT2D eigenvalue weighted by Crippen LogP contribution is -2.40. The van der Waals surface area contributed by atoms with Crippen LogP contribution in [-0.4, -0.2) is 17.4 Å². The molecule has 0 radical (unpaired) electrons. The van der Waals surface area contributed by atoms with E-state index in [1.54, 1.807) is 0 Å². The highest BCUT2D eigenvalue weighted by atomic mass is 19.4. The van der Waals surface area contributed by atoms with Crippen LogP contribution in [0.5, 0.6) is 0 Å². The van der Waals surface area contributed by atoms with Gasteiger partial charge in [0, 0.05) is 0 Å². The molecule has 0 bridgehead atoms. The molecule has 0 aliphatic heterocycles. The zero-order valence-corrected chi connectivity index (χ0v) is 10.0. The molecule has 0 amide bonds. The van der Waals surface area contributed by atoms with Crippen LogP contribution < -0.4 is 0 Å². The summed E-state index contributed by atoms with van der Waals surface area (Å²) in [5, 5.41) is 10.0. The molecule has 1 N–H and O–H groups in total. The summed E-state index contributed by atoms with van der Waals surface area (Å²) in [6, 6.07) is 0. The van der Waals surface area contributed by atoms with Gasteiger partial charge in [-0.3, -0.25) is 0 Å². The molecule has 4 heteroatoms. The molecule has 2 fully saturated rings. The maximum absolute atomic E-state index is 12.9. The van der Waals surface area contributed by atoms with Crippen LogP contribution >= 0.6 is 0 Å². The normalized spacial score (nSPS) is 33.2. The van der Waals surface area contributed by atoms with Gasteiger partial charge in [-0.05, 0) is 31.1 Å². The molecule has 2 aliphatic carbocycles. The second kappa shape index (κ2) is 5.17. The lowest BCUT2D eigenvalue weighted by atomic mass is 9.71. The second-order valence-corrected chi connectivity index (χ2v) is 5.70. The van der Waals surface area contributed by atoms with Gasteiger partial charge in [0.25, 0.3) is 0 Å². The van der Waals surface area contributed by atoms with E-state index in [1.807, 2.05) is 0 Å². The van der Waals surface area contributed by atoms with Crippen molar-refractivity contribution in [3.63, 3.8) is 0 Å². The molecule has 0 spiro atoms. The Morgan fingerprint density at radius 1 is 1.00 bits per heavy atom. The predicted molar refractivity (Wildman–Crippen MR) is 59.5 cm³/mol. The Labute approximate surface area is 100 Å². The first-order valence-electron chi connectivity index (χ1n) is 6.73. The minimum absolute atomic E-state index is 0.204. The van der Waals surface area contributed by atoms with Crippen molar-refractivity contribution < 1.29 is 18.3 Å². The van der Waals surface area contributed by atoms with Gasteiger partial charge in [-0.25, -0.2) is 0 Å². The Balaban J connectivity index is 1.94. The fourth-order valence-corrected chi connectivity index (χ4v) is 3.27. The maximum atomic E-state index is 12.9. The molecule has 2 aliphatic rings. The van der Waals surface area contributed by atoms with Crippen LogP contribution in [0.25, 0.3) is 0 Å². The number of hydrogen-bond donors (Lipinski definition) is 1. The lowest BCUT2D eigenvalue weighted by molar-refractivity contribution is -0.207. The Morgan fingerprint density at radius 2 is 1.65 bits per heavy atom. The van der Waals surface area contributed by atoms with Crippen LogP contribution in [-0.2, 0) is 0 Å². The average molecular weight is 250 g/mol. The van der Waals surface area contributed by atoms with Gasteiger partial charge in [0.2, 0.25) is 0 Å². The number of alkyl halides is 3. The average Bonchev–Trinajstić information content (AvgIpc) is 2.22. The van der Waals surface area contributed by atoms with E-state index in [2.05, 4.69) is 0 Å². The fourth-order valence-electron chi connectivity index (χ4n) is 3.27. The van der Waals surface area contributed by atoms with Crippen molar-refractivity contribution in [1.82, 2.24) is 0 Å². The van der Waals surface area contributed by atoms with Crippen LogP contribution in [0.1, 0.15) is 51.4 Å². The Hall–Kier alpha value is -0.250. The summed E-state index contributed by atoms with van der Waals surface area (Å²) in [4.78, 5) is 0. The van der Waals surface area contributed by atoms with Crippen molar-refractivity contribution in [2.75, 3.05) is 0 Å². The van der Waals surface area contributed by atoms with Gasteiger partial charge in [0.1, 0.15) is 0 Å². The van der Waals surface area contributed by atoms with E-state index in [0.717, 1.165) is 19.3 Å². The van der Waals surface area contributed by atoms with Gasteiger partial charge < -0.3 is 5.11 Å². The van der Waals surface area contributed by atoms with Crippen molar-refractivity contribution in [1.29, 1.82) is 0 Å². The first-order chi connectivity index (χ1) is 7.98. The smallest absolute Gasteiger partial charge is 0.392 e. The third-order valence-electron chi connectivity index (χ3n) is 4.53. The molecule has 3 atom stereocenters. The number of aliphatic hydroxyl groups excluding tert-OH is 1. The molecule has 0 aromatic rings. The van der Waals surface area contributed by atoms with Crippen LogP contribution in [0.15, 0.2) is 0 Å².